The van der Waals surface area contributed by atoms with Gasteiger partial charge in [-0.1, -0.05) is 30.3 Å². The molecule has 1 aromatic heterocycles. The number of hydrogen-bond donors (Lipinski definition) is 4. The summed E-state index contributed by atoms with van der Waals surface area (Å²) in [5.74, 6) is -0.109. The van der Waals surface area contributed by atoms with Crippen molar-refractivity contribution >= 4 is 11.7 Å². The van der Waals surface area contributed by atoms with Crippen LogP contribution in [0.25, 0.3) is 0 Å². The first-order chi connectivity index (χ1) is 8.70. The molecule has 2 rings (SSSR count). The van der Waals surface area contributed by atoms with E-state index < -0.39 is 6.04 Å². The van der Waals surface area contributed by atoms with Crippen LogP contribution >= 0.6 is 0 Å². The zero-order chi connectivity index (χ0) is 13.0. The van der Waals surface area contributed by atoms with Crippen LogP contribution in [0.3, 0.4) is 0 Å². The molecule has 6 heteroatoms. The van der Waals surface area contributed by atoms with Crippen molar-refractivity contribution in [1.29, 1.82) is 0 Å². The van der Waals surface area contributed by atoms with E-state index in [4.69, 9.17) is 5.73 Å². The molecule has 0 aliphatic carbocycles. The Morgan fingerprint density at radius 3 is 2.72 bits per heavy atom. The lowest BCUT2D eigenvalue weighted by Crippen LogP contribution is -2.31. The first-order valence-corrected chi connectivity index (χ1v) is 5.48. The lowest BCUT2D eigenvalue weighted by molar-refractivity contribution is 0.0911. The lowest BCUT2D eigenvalue weighted by atomic mass is 10.1. The van der Waals surface area contributed by atoms with Gasteiger partial charge >= 0.3 is 0 Å². The van der Waals surface area contributed by atoms with E-state index in [0.717, 1.165) is 5.56 Å². The van der Waals surface area contributed by atoms with Crippen molar-refractivity contribution in [2.75, 3.05) is 12.3 Å². The van der Waals surface area contributed by atoms with Crippen molar-refractivity contribution in [3.63, 3.8) is 0 Å². The van der Waals surface area contributed by atoms with Crippen molar-refractivity contribution in [2.45, 2.75) is 6.04 Å². The SMILES string of the molecule is Nc1cc(C(=O)NC(CO)c2ccccc2)[nH]n1. The van der Waals surface area contributed by atoms with Gasteiger partial charge in [-0.3, -0.25) is 9.89 Å². The molecule has 0 saturated carbocycles. The fraction of sp³-hybridized carbons (Fsp3) is 0.167. The Morgan fingerprint density at radius 2 is 2.17 bits per heavy atom. The molecular weight excluding hydrogens is 232 g/mol. The number of aliphatic hydroxyl groups excluding tert-OH is 1. The molecule has 0 aliphatic rings. The number of aliphatic hydroxyl groups is 1. The summed E-state index contributed by atoms with van der Waals surface area (Å²) < 4.78 is 0. The maximum absolute atomic E-state index is 11.9. The van der Waals surface area contributed by atoms with Gasteiger partial charge < -0.3 is 16.2 Å². The molecule has 1 heterocycles. The molecule has 18 heavy (non-hydrogen) atoms. The van der Waals surface area contributed by atoms with Gasteiger partial charge in [0.15, 0.2) is 0 Å². The van der Waals surface area contributed by atoms with Gasteiger partial charge in [0.25, 0.3) is 5.91 Å². The Bertz CT molecular complexity index is 524. The Hall–Kier alpha value is -2.34. The molecule has 2 aromatic rings. The van der Waals surface area contributed by atoms with Gasteiger partial charge in [0.2, 0.25) is 0 Å². The number of nitrogens with two attached hydrogens (primary N) is 1. The summed E-state index contributed by atoms with van der Waals surface area (Å²) in [7, 11) is 0. The number of benzene rings is 1. The first kappa shape index (κ1) is 12.1. The van der Waals surface area contributed by atoms with Crippen LogP contribution in [0.15, 0.2) is 36.4 Å². The van der Waals surface area contributed by atoms with Crippen molar-refractivity contribution < 1.29 is 9.90 Å². The number of amides is 1. The topological polar surface area (TPSA) is 104 Å². The average Bonchev–Trinajstić information content (AvgIpc) is 2.83. The van der Waals surface area contributed by atoms with E-state index in [-0.39, 0.29) is 24.0 Å². The van der Waals surface area contributed by atoms with Gasteiger partial charge in [-0.25, -0.2) is 0 Å². The summed E-state index contributed by atoms with van der Waals surface area (Å²) in [4.78, 5) is 11.9. The fourth-order valence-electron chi connectivity index (χ4n) is 1.61. The third kappa shape index (κ3) is 2.67. The number of rotatable bonds is 4. The highest BCUT2D eigenvalue weighted by molar-refractivity contribution is 5.93. The molecule has 0 spiro atoms. The van der Waals surface area contributed by atoms with Crippen molar-refractivity contribution in [1.82, 2.24) is 15.5 Å². The highest BCUT2D eigenvalue weighted by atomic mass is 16.3. The molecular formula is C12H14N4O2. The largest absolute Gasteiger partial charge is 0.394 e. The molecule has 1 aromatic carbocycles. The number of aromatic amines is 1. The third-order valence-electron chi connectivity index (χ3n) is 2.53. The molecule has 6 nitrogen and oxygen atoms in total. The smallest absolute Gasteiger partial charge is 0.269 e. The second-order valence-electron chi connectivity index (χ2n) is 3.83. The van der Waals surface area contributed by atoms with Gasteiger partial charge in [0.1, 0.15) is 11.5 Å². The molecule has 0 radical (unpaired) electrons. The number of carbonyl (C=O) groups excluding carboxylic acids is 1. The van der Waals surface area contributed by atoms with Crippen LogP contribution in [0.5, 0.6) is 0 Å². The second-order valence-corrected chi connectivity index (χ2v) is 3.83. The van der Waals surface area contributed by atoms with E-state index >= 15 is 0 Å². The van der Waals surface area contributed by atoms with Crippen molar-refractivity contribution in [2.24, 2.45) is 0 Å². The number of nitrogen functional groups attached to an aromatic ring is 1. The number of anilines is 1. The van der Waals surface area contributed by atoms with E-state index in [0.29, 0.717) is 0 Å². The van der Waals surface area contributed by atoms with Gasteiger partial charge in [0.05, 0.1) is 12.6 Å². The van der Waals surface area contributed by atoms with E-state index in [1.807, 2.05) is 30.3 Å². The normalized spacial score (nSPS) is 12.1. The summed E-state index contributed by atoms with van der Waals surface area (Å²) in [6.45, 7) is -0.181. The van der Waals surface area contributed by atoms with Crippen LogP contribution < -0.4 is 11.1 Å². The molecule has 1 atom stereocenters. The molecule has 0 saturated heterocycles. The molecule has 1 amide bonds. The van der Waals surface area contributed by atoms with E-state index in [1.54, 1.807) is 0 Å². The second kappa shape index (κ2) is 5.33. The van der Waals surface area contributed by atoms with Gasteiger partial charge in [-0.15, -0.1) is 0 Å². The molecule has 0 bridgehead atoms. The highest BCUT2D eigenvalue weighted by Gasteiger charge is 2.15. The van der Waals surface area contributed by atoms with Gasteiger partial charge in [0, 0.05) is 6.07 Å². The molecule has 1 unspecified atom stereocenters. The summed E-state index contributed by atoms with van der Waals surface area (Å²) >= 11 is 0. The summed E-state index contributed by atoms with van der Waals surface area (Å²) in [5, 5.41) is 18.2. The summed E-state index contributed by atoms with van der Waals surface area (Å²) in [6, 6.07) is 10.2. The van der Waals surface area contributed by atoms with Crippen LogP contribution in [0, 0.1) is 0 Å². The number of H-pyrrole nitrogens is 1. The van der Waals surface area contributed by atoms with Crippen molar-refractivity contribution in [3.8, 4) is 0 Å². The van der Waals surface area contributed by atoms with Crippen LogP contribution in [0.4, 0.5) is 5.82 Å². The molecule has 5 N–H and O–H groups in total. The standard InChI is InChI=1S/C12H14N4O2/c13-11-6-9(15-16-11)12(18)14-10(7-17)8-4-2-1-3-5-8/h1-6,10,17H,7H2,(H,14,18)(H3,13,15,16). The van der Waals surface area contributed by atoms with E-state index in [9.17, 15) is 9.90 Å². The maximum atomic E-state index is 11.9. The predicted octanol–water partition coefficient (Wildman–Crippen LogP) is 0.455. The quantitative estimate of drug-likeness (QED) is 0.629. The molecule has 94 valence electrons. The summed E-state index contributed by atoms with van der Waals surface area (Å²) in [6.07, 6.45) is 0. The van der Waals surface area contributed by atoms with Crippen LogP contribution in [0.2, 0.25) is 0 Å². The zero-order valence-corrected chi connectivity index (χ0v) is 9.63. The molecule has 0 fully saturated rings. The zero-order valence-electron chi connectivity index (χ0n) is 9.63. The molecule has 0 aliphatic heterocycles. The van der Waals surface area contributed by atoms with Crippen LogP contribution in [-0.2, 0) is 0 Å². The van der Waals surface area contributed by atoms with Crippen molar-refractivity contribution in [3.05, 3.63) is 47.7 Å². The minimum Gasteiger partial charge on any atom is -0.394 e. The fourth-order valence-corrected chi connectivity index (χ4v) is 1.61. The number of nitrogens with one attached hydrogen (secondary N) is 2. The van der Waals surface area contributed by atoms with Gasteiger partial charge in [-0.05, 0) is 5.56 Å². The Balaban J connectivity index is 2.10. The minimum absolute atomic E-state index is 0.181. The van der Waals surface area contributed by atoms with Gasteiger partial charge in [-0.2, -0.15) is 5.10 Å². The Morgan fingerprint density at radius 1 is 1.44 bits per heavy atom. The van der Waals surface area contributed by atoms with Crippen LogP contribution in [0.1, 0.15) is 22.1 Å². The average molecular weight is 246 g/mol. The van der Waals surface area contributed by atoms with E-state index in [1.165, 1.54) is 6.07 Å². The lowest BCUT2D eigenvalue weighted by Gasteiger charge is -2.15. The minimum atomic E-state index is -0.455. The number of aromatic nitrogens is 2. The Labute approximate surface area is 104 Å². The predicted molar refractivity (Wildman–Crippen MR) is 66.7 cm³/mol. The van der Waals surface area contributed by atoms with Crippen LogP contribution in [-0.4, -0.2) is 27.8 Å². The van der Waals surface area contributed by atoms with E-state index in [2.05, 4.69) is 15.5 Å². The summed E-state index contributed by atoms with van der Waals surface area (Å²) in [5.41, 5.74) is 6.52. The number of hydrogen-bond acceptors (Lipinski definition) is 4. The maximum Gasteiger partial charge on any atom is 0.269 e. The number of nitrogens with zero attached hydrogens (tertiary/aromatic N) is 1. The Kier molecular flexibility index (Phi) is 3.59. The highest BCUT2D eigenvalue weighted by Crippen LogP contribution is 2.12. The first-order valence-electron chi connectivity index (χ1n) is 5.48. The number of carbonyl (C=O) groups is 1. The third-order valence-corrected chi connectivity index (χ3v) is 2.53. The monoisotopic (exact) mass is 246 g/mol.